The van der Waals surface area contributed by atoms with Crippen LogP contribution in [0, 0.1) is 0 Å². The summed E-state index contributed by atoms with van der Waals surface area (Å²) in [5.41, 5.74) is 0. The Morgan fingerprint density at radius 3 is 2.89 bits per heavy atom. The third-order valence-electron chi connectivity index (χ3n) is 3.65. The number of anilines is 1. The van der Waals surface area contributed by atoms with Gasteiger partial charge in [-0.25, -0.2) is 4.98 Å². The van der Waals surface area contributed by atoms with Crippen molar-refractivity contribution in [2.24, 2.45) is 0 Å². The summed E-state index contributed by atoms with van der Waals surface area (Å²) in [5.74, 6) is 1.71. The molecule has 2 fully saturated rings. The van der Waals surface area contributed by atoms with Crippen molar-refractivity contribution >= 4 is 16.7 Å². The summed E-state index contributed by atoms with van der Waals surface area (Å²) in [4.78, 5) is 9.34. The molecule has 2 aliphatic rings. The van der Waals surface area contributed by atoms with E-state index in [-0.39, 0.29) is 6.61 Å². The maximum absolute atomic E-state index is 8.99. The molecule has 6 heteroatoms. The van der Waals surface area contributed by atoms with Crippen LogP contribution in [-0.4, -0.2) is 58.7 Å². The third kappa shape index (κ3) is 2.81. The van der Waals surface area contributed by atoms with Gasteiger partial charge in [0.25, 0.3) is 0 Å². The van der Waals surface area contributed by atoms with E-state index in [1.807, 2.05) is 0 Å². The molecule has 18 heavy (non-hydrogen) atoms. The molecule has 1 aliphatic carbocycles. The summed E-state index contributed by atoms with van der Waals surface area (Å²) in [6.45, 7) is 5.19. The number of hydrogen-bond acceptors (Lipinski definition) is 6. The molecule has 1 saturated heterocycles. The van der Waals surface area contributed by atoms with Crippen LogP contribution in [0.4, 0.5) is 5.13 Å². The lowest BCUT2D eigenvalue weighted by Gasteiger charge is -2.20. The monoisotopic (exact) mass is 268 g/mol. The van der Waals surface area contributed by atoms with E-state index in [2.05, 4.69) is 19.2 Å². The van der Waals surface area contributed by atoms with Crippen LogP contribution in [-0.2, 0) is 0 Å². The molecule has 1 aromatic heterocycles. The molecule has 1 aromatic rings. The minimum absolute atomic E-state index is 0.255. The Balaban J connectivity index is 1.61. The second-order valence-electron chi connectivity index (χ2n) is 5.12. The average Bonchev–Trinajstić information content (AvgIpc) is 3.15. The normalized spacial score (nSPS) is 22.2. The lowest BCUT2D eigenvalue weighted by Crippen LogP contribution is -2.32. The largest absolute Gasteiger partial charge is 0.395 e. The molecule has 5 nitrogen and oxygen atoms in total. The van der Waals surface area contributed by atoms with Gasteiger partial charge in [-0.3, -0.25) is 4.90 Å². The zero-order valence-corrected chi connectivity index (χ0v) is 11.4. The van der Waals surface area contributed by atoms with Gasteiger partial charge in [-0.05, 0) is 25.8 Å². The first-order valence-corrected chi connectivity index (χ1v) is 7.56. The fourth-order valence-corrected chi connectivity index (χ4v) is 3.19. The topological polar surface area (TPSA) is 52.5 Å². The molecule has 0 amide bonds. The van der Waals surface area contributed by atoms with Gasteiger partial charge in [-0.1, -0.05) is 0 Å². The Bertz CT molecular complexity index is 393. The predicted molar refractivity (Wildman–Crippen MR) is 72.2 cm³/mol. The second kappa shape index (κ2) is 5.50. The molecule has 0 atom stereocenters. The lowest BCUT2D eigenvalue weighted by molar-refractivity contribution is 0.204. The highest BCUT2D eigenvalue weighted by Gasteiger charge is 2.28. The van der Waals surface area contributed by atoms with Crippen molar-refractivity contribution < 1.29 is 5.11 Å². The number of hydrogen-bond donors (Lipinski definition) is 1. The number of aliphatic hydroxyl groups is 1. The summed E-state index contributed by atoms with van der Waals surface area (Å²) in [6, 6.07) is 0. The van der Waals surface area contributed by atoms with E-state index in [0.717, 1.165) is 50.1 Å². The molecule has 0 aromatic carbocycles. The molecule has 0 radical (unpaired) electrons. The second-order valence-corrected chi connectivity index (χ2v) is 5.85. The van der Waals surface area contributed by atoms with Crippen LogP contribution in [0.2, 0.25) is 0 Å². The van der Waals surface area contributed by atoms with E-state index in [1.54, 1.807) is 11.5 Å². The SMILES string of the molecule is OCCN1CCCN(c2nc(C3CC3)ns2)CC1. The molecule has 1 saturated carbocycles. The van der Waals surface area contributed by atoms with E-state index in [1.165, 1.54) is 12.8 Å². The number of nitrogens with zero attached hydrogens (tertiary/aromatic N) is 4. The fraction of sp³-hybridized carbons (Fsp3) is 0.833. The van der Waals surface area contributed by atoms with Gasteiger partial charge in [0.1, 0.15) is 5.82 Å². The first-order valence-electron chi connectivity index (χ1n) is 6.78. The minimum atomic E-state index is 0.255. The van der Waals surface area contributed by atoms with Crippen molar-refractivity contribution in [3.63, 3.8) is 0 Å². The summed E-state index contributed by atoms with van der Waals surface area (Å²) >= 11 is 1.55. The minimum Gasteiger partial charge on any atom is -0.395 e. The van der Waals surface area contributed by atoms with Crippen molar-refractivity contribution in [1.29, 1.82) is 0 Å². The predicted octanol–water partition coefficient (Wildman–Crippen LogP) is 0.920. The first kappa shape index (κ1) is 12.3. The van der Waals surface area contributed by atoms with Crippen LogP contribution in [0.15, 0.2) is 0 Å². The van der Waals surface area contributed by atoms with Crippen LogP contribution >= 0.6 is 11.5 Å². The van der Waals surface area contributed by atoms with Crippen LogP contribution in [0.25, 0.3) is 0 Å². The van der Waals surface area contributed by atoms with Gasteiger partial charge in [0, 0.05) is 43.6 Å². The van der Waals surface area contributed by atoms with Crippen molar-refractivity contribution in [3.05, 3.63) is 5.82 Å². The first-order chi connectivity index (χ1) is 8.86. The molecular weight excluding hydrogens is 248 g/mol. The molecule has 3 rings (SSSR count). The average molecular weight is 268 g/mol. The summed E-state index contributed by atoms with van der Waals surface area (Å²) < 4.78 is 4.47. The van der Waals surface area contributed by atoms with E-state index >= 15 is 0 Å². The van der Waals surface area contributed by atoms with Crippen LogP contribution in [0.5, 0.6) is 0 Å². The smallest absolute Gasteiger partial charge is 0.205 e. The molecule has 0 unspecified atom stereocenters. The molecular formula is C12H20N4OS. The van der Waals surface area contributed by atoms with Crippen molar-refractivity contribution in [2.45, 2.75) is 25.2 Å². The molecule has 0 bridgehead atoms. The van der Waals surface area contributed by atoms with Gasteiger partial charge in [0.15, 0.2) is 0 Å². The van der Waals surface area contributed by atoms with Crippen molar-refractivity contribution in [1.82, 2.24) is 14.3 Å². The quantitative estimate of drug-likeness (QED) is 0.880. The van der Waals surface area contributed by atoms with Gasteiger partial charge in [0.05, 0.1) is 6.61 Å². The molecule has 0 spiro atoms. The van der Waals surface area contributed by atoms with Crippen LogP contribution < -0.4 is 4.90 Å². The van der Waals surface area contributed by atoms with E-state index in [0.29, 0.717) is 5.92 Å². The zero-order valence-electron chi connectivity index (χ0n) is 10.6. The van der Waals surface area contributed by atoms with E-state index in [9.17, 15) is 0 Å². The van der Waals surface area contributed by atoms with Gasteiger partial charge >= 0.3 is 0 Å². The number of aliphatic hydroxyl groups excluding tert-OH is 1. The number of β-amino-alcohol motifs (C(OH)–C–C–N with tert-alkyl or cyclic N) is 1. The van der Waals surface area contributed by atoms with Gasteiger partial charge in [-0.2, -0.15) is 4.37 Å². The Morgan fingerprint density at radius 2 is 2.11 bits per heavy atom. The van der Waals surface area contributed by atoms with Gasteiger partial charge < -0.3 is 10.0 Å². The number of aromatic nitrogens is 2. The Hall–Kier alpha value is -0.720. The highest BCUT2D eigenvalue weighted by molar-refractivity contribution is 7.09. The van der Waals surface area contributed by atoms with E-state index in [4.69, 9.17) is 5.11 Å². The highest BCUT2D eigenvalue weighted by Crippen LogP contribution is 2.39. The van der Waals surface area contributed by atoms with Crippen molar-refractivity contribution in [2.75, 3.05) is 44.2 Å². The maximum atomic E-state index is 8.99. The van der Waals surface area contributed by atoms with Gasteiger partial charge in [0.2, 0.25) is 5.13 Å². The zero-order chi connectivity index (χ0) is 12.4. The summed E-state index contributed by atoms with van der Waals surface area (Å²) in [6.07, 6.45) is 3.67. The number of rotatable bonds is 4. The Kier molecular flexibility index (Phi) is 3.77. The standard InChI is InChI=1S/C12H20N4OS/c17-9-8-15-4-1-5-16(7-6-15)12-13-11(14-18-12)10-2-3-10/h10,17H,1-9H2. The summed E-state index contributed by atoms with van der Waals surface area (Å²) in [7, 11) is 0. The maximum Gasteiger partial charge on any atom is 0.205 e. The molecule has 1 N–H and O–H groups in total. The van der Waals surface area contributed by atoms with Crippen molar-refractivity contribution in [3.8, 4) is 0 Å². The highest BCUT2D eigenvalue weighted by atomic mass is 32.1. The Morgan fingerprint density at radius 1 is 1.22 bits per heavy atom. The molecule has 1 aliphatic heterocycles. The molecule has 100 valence electrons. The van der Waals surface area contributed by atoms with Crippen LogP contribution in [0.1, 0.15) is 31.0 Å². The van der Waals surface area contributed by atoms with Crippen LogP contribution in [0.3, 0.4) is 0 Å². The van der Waals surface area contributed by atoms with Gasteiger partial charge in [-0.15, -0.1) is 0 Å². The molecule has 2 heterocycles. The lowest BCUT2D eigenvalue weighted by atomic mass is 10.4. The van der Waals surface area contributed by atoms with E-state index < -0.39 is 0 Å². The Labute approximate surface area is 112 Å². The third-order valence-corrected chi connectivity index (χ3v) is 4.44. The fourth-order valence-electron chi connectivity index (χ4n) is 2.39. The summed E-state index contributed by atoms with van der Waals surface area (Å²) in [5, 5.41) is 10.1.